The molecule has 1 amide bonds. The Morgan fingerprint density at radius 3 is 2.60 bits per heavy atom. The van der Waals surface area contributed by atoms with Crippen LogP contribution in [0.25, 0.3) is 6.08 Å². The van der Waals surface area contributed by atoms with Crippen LogP contribution in [0.4, 0.5) is 14.5 Å². The molecule has 0 aliphatic rings. The Morgan fingerprint density at radius 1 is 1.13 bits per heavy atom. The number of hydrogen-bond acceptors (Lipinski definition) is 5. The number of hydrogen-bond donors (Lipinski definition) is 1. The van der Waals surface area contributed by atoms with E-state index in [-0.39, 0.29) is 17.1 Å². The number of nitrogens with one attached hydrogen (secondary N) is 1. The Kier molecular flexibility index (Phi) is 8.93. The summed E-state index contributed by atoms with van der Waals surface area (Å²) in [5.74, 6) is 0.572. The van der Waals surface area contributed by atoms with Gasteiger partial charge in [0.05, 0.1) is 26.5 Å². The SMILES string of the molecule is CCCCOc1ccc(OC)cc1NC(=O)C=Cc1cccc(OC)c1OC(F)F. The minimum atomic E-state index is -3.03. The fourth-order valence-electron chi connectivity index (χ4n) is 2.57. The van der Waals surface area contributed by atoms with Crippen molar-refractivity contribution in [2.45, 2.75) is 26.4 Å². The van der Waals surface area contributed by atoms with Crippen LogP contribution in [0.1, 0.15) is 25.3 Å². The van der Waals surface area contributed by atoms with Gasteiger partial charge < -0.3 is 24.3 Å². The third kappa shape index (κ3) is 6.65. The van der Waals surface area contributed by atoms with Crippen LogP contribution >= 0.6 is 0 Å². The molecule has 30 heavy (non-hydrogen) atoms. The third-order valence-electron chi connectivity index (χ3n) is 4.05. The molecule has 2 aromatic rings. The van der Waals surface area contributed by atoms with Crippen LogP contribution in [0, 0.1) is 0 Å². The van der Waals surface area contributed by atoms with Gasteiger partial charge in [-0.25, -0.2) is 0 Å². The lowest BCUT2D eigenvalue weighted by molar-refractivity contribution is -0.111. The van der Waals surface area contributed by atoms with Crippen molar-refractivity contribution in [2.75, 3.05) is 26.1 Å². The summed E-state index contributed by atoms with van der Waals surface area (Å²) in [6.07, 6.45) is 4.43. The van der Waals surface area contributed by atoms with Crippen molar-refractivity contribution in [1.29, 1.82) is 0 Å². The van der Waals surface area contributed by atoms with Crippen molar-refractivity contribution in [2.24, 2.45) is 0 Å². The molecule has 0 atom stereocenters. The van der Waals surface area contributed by atoms with Gasteiger partial charge >= 0.3 is 6.61 Å². The van der Waals surface area contributed by atoms with Crippen molar-refractivity contribution >= 4 is 17.7 Å². The summed E-state index contributed by atoms with van der Waals surface area (Å²) >= 11 is 0. The van der Waals surface area contributed by atoms with Crippen LogP contribution in [0.3, 0.4) is 0 Å². The van der Waals surface area contributed by atoms with Crippen molar-refractivity contribution in [3.63, 3.8) is 0 Å². The van der Waals surface area contributed by atoms with E-state index in [0.717, 1.165) is 12.8 Å². The third-order valence-corrected chi connectivity index (χ3v) is 4.05. The molecule has 8 heteroatoms. The molecule has 0 radical (unpaired) electrons. The lowest BCUT2D eigenvalue weighted by Crippen LogP contribution is -2.10. The lowest BCUT2D eigenvalue weighted by atomic mass is 10.1. The molecule has 0 aliphatic heterocycles. The van der Waals surface area contributed by atoms with Crippen molar-refractivity contribution < 1.29 is 32.5 Å². The largest absolute Gasteiger partial charge is 0.497 e. The molecule has 0 saturated carbocycles. The summed E-state index contributed by atoms with van der Waals surface area (Å²) in [6.45, 7) is -0.461. The smallest absolute Gasteiger partial charge is 0.387 e. The average molecular weight is 421 g/mol. The Labute approximate surface area is 174 Å². The van der Waals surface area contributed by atoms with Gasteiger partial charge in [0.2, 0.25) is 5.91 Å². The molecule has 0 aromatic heterocycles. The van der Waals surface area contributed by atoms with Crippen LogP contribution < -0.4 is 24.3 Å². The Morgan fingerprint density at radius 2 is 1.93 bits per heavy atom. The Balaban J connectivity index is 2.20. The number of rotatable bonds is 11. The first-order chi connectivity index (χ1) is 14.5. The van der Waals surface area contributed by atoms with Crippen LogP contribution in [0.5, 0.6) is 23.0 Å². The van der Waals surface area contributed by atoms with Gasteiger partial charge in [0.15, 0.2) is 11.5 Å². The number of unbranched alkanes of at least 4 members (excludes halogenated alkanes) is 1. The van der Waals surface area contributed by atoms with E-state index in [9.17, 15) is 13.6 Å². The minimum Gasteiger partial charge on any atom is -0.497 e. The maximum atomic E-state index is 12.7. The number of amides is 1. The highest BCUT2D eigenvalue weighted by Gasteiger charge is 2.14. The quantitative estimate of drug-likeness (QED) is 0.402. The molecule has 0 bridgehead atoms. The fraction of sp³-hybridized carbons (Fsp3) is 0.318. The zero-order valence-corrected chi connectivity index (χ0v) is 17.1. The maximum absolute atomic E-state index is 12.7. The fourth-order valence-corrected chi connectivity index (χ4v) is 2.57. The van der Waals surface area contributed by atoms with Gasteiger partial charge in [0.1, 0.15) is 11.5 Å². The molecule has 0 heterocycles. The number of carbonyl (C=O) groups excluding carboxylic acids is 1. The maximum Gasteiger partial charge on any atom is 0.387 e. The first-order valence-corrected chi connectivity index (χ1v) is 9.40. The molecule has 0 aliphatic carbocycles. The Bertz CT molecular complexity index is 871. The number of halogens is 2. The van der Waals surface area contributed by atoms with Crippen LogP contribution in [0.2, 0.25) is 0 Å². The summed E-state index contributed by atoms with van der Waals surface area (Å²) in [5, 5.41) is 2.72. The molecule has 0 fully saturated rings. The van der Waals surface area contributed by atoms with Crippen molar-refractivity contribution in [3.05, 3.63) is 48.0 Å². The Hall–Kier alpha value is -3.29. The standard InChI is InChI=1S/C22H25F2NO5/c1-4-5-13-29-18-11-10-16(27-2)14-17(18)25-20(26)12-9-15-7-6-8-19(28-3)21(15)30-22(23)24/h6-12,14,22H,4-5,13H2,1-3H3,(H,25,26). The topological polar surface area (TPSA) is 66.0 Å². The average Bonchev–Trinajstić information content (AvgIpc) is 2.73. The highest BCUT2D eigenvalue weighted by atomic mass is 19.3. The molecule has 2 aromatic carbocycles. The van der Waals surface area contributed by atoms with Gasteiger partial charge in [0, 0.05) is 17.7 Å². The first kappa shape index (κ1) is 23.0. The number of ether oxygens (including phenoxy) is 4. The van der Waals surface area contributed by atoms with Gasteiger partial charge in [-0.3, -0.25) is 4.79 Å². The zero-order chi connectivity index (χ0) is 21.9. The number of para-hydroxylation sites is 1. The normalized spacial score (nSPS) is 10.9. The second-order valence-corrected chi connectivity index (χ2v) is 6.14. The molecule has 0 unspecified atom stereocenters. The molecular formula is C22H25F2NO5. The number of alkyl halides is 2. The van der Waals surface area contributed by atoms with Crippen molar-refractivity contribution in [3.8, 4) is 23.0 Å². The summed E-state index contributed by atoms with van der Waals surface area (Å²) in [4.78, 5) is 12.4. The second-order valence-electron chi connectivity index (χ2n) is 6.14. The molecule has 0 spiro atoms. The van der Waals surface area contributed by atoms with E-state index in [0.29, 0.717) is 23.8 Å². The number of carbonyl (C=O) groups is 1. The number of methoxy groups -OCH3 is 2. The monoisotopic (exact) mass is 421 g/mol. The first-order valence-electron chi connectivity index (χ1n) is 9.40. The summed E-state index contributed by atoms with van der Waals surface area (Å²) < 4.78 is 46.0. The van der Waals surface area contributed by atoms with Gasteiger partial charge in [-0.05, 0) is 30.7 Å². The lowest BCUT2D eigenvalue weighted by Gasteiger charge is -2.13. The highest BCUT2D eigenvalue weighted by molar-refractivity contribution is 6.03. The van der Waals surface area contributed by atoms with E-state index >= 15 is 0 Å². The predicted octanol–water partition coefficient (Wildman–Crippen LogP) is 5.14. The van der Waals surface area contributed by atoms with E-state index in [1.165, 1.54) is 38.5 Å². The van der Waals surface area contributed by atoms with Gasteiger partial charge in [-0.1, -0.05) is 25.5 Å². The van der Waals surface area contributed by atoms with E-state index in [1.807, 2.05) is 0 Å². The van der Waals surface area contributed by atoms with Crippen LogP contribution in [0.15, 0.2) is 42.5 Å². The van der Waals surface area contributed by atoms with Gasteiger partial charge in [-0.15, -0.1) is 0 Å². The van der Waals surface area contributed by atoms with Crippen LogP contribution in [-0.2, 0) is 4.79 Å². The molecular weight excluding hydrogens is 396 g/mol. The predicted molar refractivity (Wildman–Crippen MR) is 111 cm³/mol. The highest BCUT2D eigenvalue weighted by Crippen LogP contribution is 2.33. The molecule has 2 rings (SSSR count). The van der Waals surface area contributed by atoms with Crippen molar-refractivity contribution in [1.82, 2.24) is 0 Å². The van der Waals surface area contributed by atoms with E-state index in [2.05, 4.69) is 17.0 Å². The zero-order valence-electron chi connectivity index (χ0n) is 17.1. The summed E-state index contributed by atoms with van der Waals surface area (Å²) in [6, 6.07) is 9.72. The molecule has 162 valence electrons. The summed E-state index contributed by atoms with van der Waals surface area (Å²) in [7, 11) is 2.86. The van der Waals surface area contributed by atoms with Gasteiger partial charge in [-0.2, -0.15) is 8.78 Å². The van der Waals surface area contributed by atoms with Gasteiger partial charge in [0.25, 0.3) is 0 Å². The number of anilines is 1. The van der Waals surface area contributed by atoms with E-state index < -0.39 is 12.5 Å². The van der Waals surface area contributed by atoms with E-state index in [4.69, 9.17) is 14.2 Å². The van der Waals surface area contributed by atoms with E-state index in [1.54, 1.807) is 24.3 Å². The minimum absolute atomic E-state index is 0.136. The summed E-state index contributed by atoms with van der Waals surface area (Å²) in [5.41, 5.74) is 0.713. The molecule has 0 saturated heterocycles. The van der Waals surface area contributed by atoms with Crippen LogP contribution in [-0.4, -0.2) is 33.3 Å². The second kappa shape index (κ2) is 11.6. The number of benzene rings is 2. The molecule has 6 nitrogen and oxygen atoms in total. The molecule has 1 N–H and O–H groups in total.